The molecule has 0 aliphatic heterocycles. The number of hydrogen-bond acceptors (Lipinski definition) is 4. The first-order valence-electron chi connectivity index (χ1n) is 10.6. The summed E-state index contributed by atoms with van der Waals surface area (Å²) in [4.78, 5) is 36.6. The van der Waals surface area contributed by atoms with Crippen LogP contribution in [0, 0.1) is 11.5 Å². The highest BCUT2D eigenvalue weighted by Crippen LogP contribution is 2.35. The second-order valence-corrected chi connectivity index (χ2v) is 14.2. The molecule has 0 aliphatic carbocycles. The molecule has 1 rings (SSSR count). The number of nitrogens with one attached hydrogen (secondary N) is 2. The Morgan fingerprint density at radius 2 is 1.58 bits per heavy atom. The monoisotopic (exact) mass is 444 g/mol. The van der Waals surface area contributed by atoms with Crippen molar-refractivity contribution < 1.29 is 19.1 Å². The molecule has 2 amide bonds. The molecule has 0 heterocycles. The molecule has 1 aromatic rings. The summed E-state index contributed by atoms with van der Waals surface area (Å²) in [5, 5.41) is 5.63. The fourth-order valence-corrected chi connectivity index (χ4v) is 3.45. The lowest BCUT2D eigenvalue weighted by Gasteiger charge is -2.31. The first-order valence-corrected chi connectivity index (χ1v) is 13.6. The van der Waals surface area contributed by atoms with E-state index in [9.17, 15) is 14.4 Å². The van der Waals surface area contributed by atoms with Gasteiger partial charge in [-0.2, -0.15) is 0 Å². The minimum Gasteiger partial charge on any atom is -0.467 e. The summed E-state index contributed by atoms with van der Waals surface area (Å²) in [5.41, 5.74) is 4.33. The summed E-state index contributed by atoms with van der Waals surface area (Å²) < 4.78 is 4.80. The van der Waals surface area contributed by atoms with Gasteiger partial charge < -0.3 is 15.4 Å². The first-order chi connectivity index (χ1) is 14.4. The average molecular weight is 445 g/mol. The normalized spacial score (nSPS) is 13.3. The minimum atomic E-state index is -1.81. The fourth-order valence-electron chi connectivity index (χ4n) is 2.53. The van der Waals surface area contributed by atoms with Gasteiger partial charge in [0.25, 0.3) is 0 Å². The van der Waals surface area contributed by atoms with Crippen LogP contribution in [-0.4, -0.2) is 39.0 Å². The Labute approximate surface area is 187 Å². The molecule has 0 spiro atoms. The van der Waals surface area contributed by atoms with Crippen molar-refractivity contribution in [3.05, 3.63) is 35.9 Å². The summed E-state index contributed by atoms with van der Waals surface area (Å²) >= 11 is 0. The van der Waals surface area contributed by atoms with Crippen LogP contribution in [0.2, 0.25) is 18.1 Å². The van der Waals surface area contributed by atoms with E-state index in [0.717, 1.165) is 5.56 Å². The zero-order valence-corrected chi connectivity index (χ0v) is 20.8. The van der Waals surface area contributed by atoms with E-state index < -0.39 is 20.1 Å². The number of amides is 2. The first kappa shape index (κ1) is 26.4. The third-order valence-corrected chi connectivity index (χ3v) is 10.2. The van der Waals surface area contributed by atoms with Crippen LogP contribution in [0.1, 0.15) is 58.6 Å². The van der Waals surface area contributed by atoms with Crippen molar-refractivity contribution in [1.29, 1.82) is 0 Å². The molecule has 0 saturated heterocycles. The van der Waals surface area contributed by atoms with Gasteiger partial charge in [0.05, 0.1) is 13.2 Å². The zero-order chi connectivity index (χ0) is 23.7. The smallest absolute Gasteiger partial charge is 0.329 e. The molecule has 6 nitrogen and oxygen atoms in total. The topological polar surface area (TPSA) is 84.5 Å². The maximum Gasteiger partial charge on any atom is 0.329 e. The second kappa shape index (κ2) is 11.7. The second-order valence-electron chi connectivity index (χ2n) is 9.22. The van der Waals surface area contributed by atoms with Gasteiger partial charge in [-0.3, -0.25) is 9.59 Å². The molecule has 0 aromatic heterocycles. The summed E-state index contributed by atoms with van der Waals surface area (Å²) in [5.74, 6) is 1.93. The van der Waals surface area contributed by atoms with Gasteiger partial charge in [0.1, 0.15) is 14.1 Å². The van der Waals surface area contributed by atoms with Crippen LogP contribution >= 0.6 is 0 Å². The van der Waals surface area contributed by atoms with Crippen molar-refractivity contribution >= 4 is 25.9 Å². The summed E-state index contributed by atoms with van der Waals surface area (Å²) in [6.07, 6.45) is 0.200. The number of esters is 1. The van der Waals surface area contributed by atoms with Gasteiger partial charge in [-0.25, -0.2) is 4.79 Å². The number of ether oxygens (including phenoxy) is 1. The molecular weight excluding hydrogens is 408 g/mol. The van der Waals surface area contributed by atoms with E-state index in [0.29, 0.717) is 0 Å². The molecule has 0 radical (unpaired) electrons. The number of carbonyl (C=O) groups is 3. The van der Waals surface area contributed by atoms with Crippen LogP contribution in [0.15, 0.2) is 30.3 Å². The van der Waals surface area contributed by atoms with Crippen molar-refractivity contribution in [3.63, 3.8) is 0 Å². The lowest BCUT2D eigenvalue weighted by molar-refractivity contribution is -0.144. The summed E-state index contributed by atoms with van der Waals surface area (Å²) in [7, 11) is -0.530. The van der Waals surface area contributed by atoms with Crippen molar-refractivity contribution in [3.8, 4) is 11.5 Å². The lowest BCUT2D eigenvalue weighted by Crippen LogP contribution is -2.42. The minimum absolute atomic E-state index is 0.0174. The van der Waals surface area contributed by atoms with Crippen molar-refractivity contribution in [2.24, 2.45) is 0 Å². The van der Waals surface area contributed by atoms with Crippen molar-refractivity contribution in [2.75, 3.05) is 7.11 Å². The quantitative estimate of drug-likeness (QED) is 0.363. The van der Waals surface area contributed by atoms with E-state index in [1.165, 1.54) is 7.11 Å². The maximum absolute atomic E-state index is 12.3. The van der Waals surface area contributed by atoms with Gasteiger partial charge in [-0.15, -0.1) is 11.5 Å². The van der Waals surface area contributed by atoms with E-state index in [-0.39, 0.29) is 42.2 Å². The SMILES string of the molecule is COC(=O)[C@H](CC#C[Si](C)(C)C(C)(C)C)NC(=O)CCC(=O)N[C@H](C)c1ccccc1. The molecule has 0 unspecified atom stereocenters. The van der Waals surface area contributed by atoms with E-state index in [1.54, 1.807) is 0 Å². The molecule has 2 N–H and O–H groups in total. The Balaban J connectivity index is 2.60. The van der Waals surface area contributed by atoms with Gasteiger partial charge in [0, 0.05) is 19.3 Å². The Bertz CT molecular complexity index is 819. The van der Waals surface area contributed by atoms with Crippen LogP contribution in [-0.2, 0) is 19.1 Å². The lowest BCUT2D eigenvalue weighted by atomic mass is 10.1. The standard InChI is InChI=1S/C24H36N2O4Si/c1-18(19-12-9-8-10-13-19)25-21(27)15-16-22(28)26-20(23(29)30-5)14-11-17-31(6,7)24(2,3)4/h8-10,12-13,18,20H,14-16H2,1-7H3,(H,25,27)(H,26,28)/t18-,20+/m1/s1. The van der Waals surface area contributed by atoms with Crippen molar-refractivity contribution in [1.82, 2.24) is 10.6 Å². The van der Waals surface area contributed by atoms with Crippen LogP contribution in [0.5, 0.6) is 0 Å². The maximum atomic E-state index is 12.3. The molecule has 7 heteroatoms. The van der Waals surface area contributed by atoms with Crippen LogP contribution in [0.3, 0.4) is 0 Å². The van der Waals surface area contributed by atoms with Gasteiger partial charge in [0.15, 0.2) is 0 Å². The molecule has 170 valence electrons. The average Bonchev–Trinajstić information content (AvgIpc) is 2.70. The third kappa shape index (κ3) is 8.97. The zero-order valence-electron chi connectivity index (χ0n) is 19.8. The highest BCUT2D eigenvalue weighted by atomic mass is 28.3. The largest absolute Gasteiger partial charge is 0.467 e. The van der Waals surface area contributed by atoms with Gasteiger partial charge in [-0.1, -0.05) is 64.2 Å². The molecule has 0 fully saturated rings. The predicted octanol–water partition coefficient (Wildman–Crippen LogP) is 3.74. The van der Waals surface area contributed by atoms with Crippen LogP contribution in [0.4, 0.5) is 0 Å². The molecule has 1 aromatic carbocycles. The summed E-state index contributed by atoms with van der Waals surface area (Å²) in [6, 6.07) is 8.61. The van der Waals surface area contributed by atoms with E-state index in [2.05, 4.69) is 56.0 Å². The predicted molar refractivity (Wildman–Crippen MR) is 126 cm³/mol. The molecule has 2 atom stereocenters. The number of benzene rings is 1. The van der Waals surface area contributed by atoms with E-state index >= 15 is 0 Å². The third-order valence-electron chi connectivity index (χ3n) is 5.66. The van der Waals surface area contributed by atoms with Crippen LogP contribution < -0.4 is 10.6 Å². The molecule has 31 heavy (non-hydrogen) atoms. The molecule has 0 aliphatic rings. The van der Waals surface area contributed by atoms with Gasteiger partial charge >= 0.3 is 5.97 Å². The summed E-state index contributed by atoms with van der Waals surface area (Å²) in [6.45, 7) is 12.7. The van der Waals surface area contributed by atoms with Gasteiger partial charge in [0.2, 0.25) is 11.8 Å². The van der Waals surface area contributed by atoms with Gasteiger partial charge in [-0.05, 0) is 17.5 Å². The highest BCUT2D eigenvalue weighted by molar-refractivity contribution is 6.87. The number of methoxy groups -OCH3 is 1. The number of rotatable bonds is 8. The number of hydrogen-bond donors (Lipinski definition) is 2. The molecule has 0 bridgehead atoms. The van der Waals surface area contributed by atoms with E-state index in [4.69, 9.17) is 4.74 Å². The molecular formula is C24H36N2O4Si. The Kier molecular flexibility index (Phi) is 9.98. The van der Waals surface area contributed by atoms with Crippen LogP contribution in [0.25, 0.3) is 0 Å². The molecule has 0 saturated carbocycles. The fraction of sp³-hybridized carbons (Fsp3) is 0.542. The van der Waals surface area contributed by atoms with Crippen molar-refractivity contribution in [2.45, 2.75) is 77.2 Å². The highest BCUT2D eigenvalue weighted by Gasteiger charge is 2.33. The Morgan fingerprint density at radius 1 is 1.03 bits per heavy atom. The Hall–Kier alpha value is -2.59. The number of carbonyl (C=O) groups excluding carboxylic acids is 3. The Morgan fingerprint density at radius 3 is 2.10 bits per heavy atom. The van der Waals surface area contributed by atoms with E-state index in [1.807, 2.05) is 37.3 Å².